The number of unbranched alkanes of at least 4 members (excludes halogenated alkanes) is 12. The second-order valence-electron chi connectivity index (χ2n) is 8.12. The van der Waals surface area contributed by atoms with Crippen LogP contribution in [0.25, 0.3) is 0 Å². The summed E-state index contributed by atoms with van der Waals surface area (Å²) in [5.74, 6) is -0.638. The maximum Gasteiger partial charge on any atom is 0.328 e. The van der Waals surface area contributed by atoms with Crippen LogP contribution in [0.15, 0.2) is 0 Å². The Morgan fingerprint density at radius 3 is 1.81 bits per heavy atom. The molecule has 0 rings (SSSR count). The normalized spacial score (nSPS) is 11.3. The van der Waals surface area contributed by atoms with Gasteiger partial charge < -0.3 is 21.1 Å². The quantitative estimate of drug-likeness (QED) is 0.0895. The van der Waals surface area contributed by atoms with Crippen molar-refractivity contribution < 1.29 is 14.3 Å². The van der Waals surface area contributed by atoms with Crippen molar-refractivity contribution in [3.8, 4) is 0 Å². The first-order valence-corrected chi connectivity index (χ1v) is 12.0. The molecule has 0 radical (unpaired) electrons. The Hall–Kier alpha value is -1.50. The summed E-state index contributed by atoms with van der Waals surface area (Å²) in [7, 11) is 1.32. The van der Waals surface area contributed by atoms with E-state index in [-0.39, 0.29) is 24.3 Å². The van der Waals surface area contributed by atoms with E-state index in [4.69, 9.17) is 15.9 Å². The standard InChI is InChI=1S/C23H46N4O3.ClH/c1-3-4-5-6-7-8-9-10-11-12-13-14-15-18-21(28)27-20(22(29)30-2)17-16-19-26-23(24)25;/h20H,3-19H2,1-2H3,(H,27,28)(H4,24,25,26);1H/t20-;/m0./s1. The lowest BCUT2D eigenvalue weighted by molar-refractivity contribution is -0.145. The number of esters is 1. The largest absolute Gasteiger partial charge is 0.467 e. The van der Waals surface area contributed by atoms with E-state index < -0.39 is 12.0 Å². The monoisotopic (exact) mass is 462 g/mol. The highest BCUT2D eigenvalue weighted by atomic mass is 35.5. The Morgan fingerprint density at radius 2 is 1.35 bits per heavy atom. The minimum Gasteiger partial charge on any atom is -0.467 e. The van der Waals surface area contributed by atoms with Crippen LogP contribution in [0.4, 0.5) is 0 Å². The van der Waals surface area contributed by atoms with Gasteiger partial charge in [-0.15, -0.1) is 12.4 Å². The molecule has 0 spiro atoms. The van der Waals surface area contributed by atoms with Crippen molar-refractivity contribution in [2.24, 2.45) is 5.73 Å². The zero-order valence-electron chi connectivity index (χ0n) is 19.8. The number of methoxy groups -OCH3 is 1. The second kappa shape index (κ2) is 23.2. The van der Waals surface area contributed by atoms with Gasteiger partial charge in [-0.1, -0.05) is 84.0 Å². The van der Waals surface area contributed by atoms with Gasteiger partial charge in [0.1, 0.15) is 6.04 Å². The molecule has 0 saturated heterocycles. The van der Waals surface area contributed by atoms with Crippen LogP contribution < -0.4 is 16.4 Å². The van der Waals surface area contributed by atoms with Crippen molar-refractivity contribution in [2.75, 3.05) is 13.7 Å². The van der Waals surface area contributed by atoms with Gasteiger partial charge in [-0.25, -0.2) is 4.79 Å². The number of ether oxygens (including phenoxy) is 1. The highest BCUT2D eigenvalue weighted by molar-refractivity contribution is 5.85. The van der Waals surface area contributed by atoms with Crippen LogP contribution in [0.1, 0.15) is 110 Å². The summed E-state index contributed by atoms with van der Waals surface area (Å²) in [6, 6.07) is -0.641. The summed E-state index contributed by atoms with van der Waals surface area (Å²) in [4.78, 5) is 24.0. The molecule has 184 valence electrons. The number of nitrogens with one attached hydrogen (secondary N) is 3. The van der Waals surface area contributed by atoms with Crippen LogP contribution in [-0.4, -0.2) is 37.5 Å². The SMILES string of the molecule is CCCCCCCCCCCCCCCC(=O)N[C@@H](CCCNC(=N)N)C(=O)OC.Cl. The number of halogens is 1. The predicted octanol–water partition coefficient (Wildman–Crippen LogP) is 4.81. The van der Waals surface area contributed by atoms with Crippen molar-refractivity contribution in [2.45, 2.75) is 116 Å². The Bertz CT molecular complexity index is 464. The van der Waals surface area contributed by atoms with Gasteiger partial charge in [0.2, 0.25) is 5.91 Å². The molecule has 0 aliphatic rings. The Balaban J connectivity index is 0. The first-order valence-electron chi connectivity index (χ1n) is 12.0. The van der Waals surface area contributed by atoms with E-state index in [9.17, 15) is 9.59 Å². The lowest BCUT2D eigenvalue weighted by atomic mass is 10.0. The second-order valence-corrected chi connectivity index (χ2v) is 8.12. The van der Waals surface area contributed by atoms with Gasteiger partial charge in [0, 0.05) is 13.0 Å². The fraction of sp³-hybridized carbons (Fsp3) is 0.870. The zero-order chi connectivity index (χ0) is 22.5. The molecule has 0 unspecified atom stereocenters. The third kappa shape index (κ3) is 21.5. The van der Waals surface area contributed by atoms with Gasteiger partial charge in [0.25, 0.3) is 0 Å². The van der Waals surface area contributed by atoms with E-state index in [1.54, 1.807) is 0 Å². The maximum absolute atomic E-state index is 12.1. The van der Waals surface area contributed by atoms with Crippen molar-refractivity contribution in [1.29, 1.82) is 5.41 Å². The molecule has 0 saturated carbocycles. The minimum atomic E-state index is -0.641. The molecule has 31 heavy (non-hydrogen) atoms. The van der Waals surface area contributed by atoms with Crippen molar-refractivity contribution in [3.63, 3.8) is 0 Å². The predicted molar refractivity (Wildman–Crippen MR) is 131 cm³/mol. The summed E-state index contributed by atoms with van der Waals surface area (Å²) < 4.78 is 4.77. The molecule has 0 heterocycles. The fourth-order valence-corrected chi connectivity index (χ4v) is 3.49. The summed E-state index contributed by atoms with van der Waals surface area (Å²) in [5, 5.41) is 12.6. The highest BCUT2D eigenvalue weighted by Crippen LogP contribution is 2.13. The number of carbonyl (C=O) groups excluding carboxylic acids is 2. The Labute approximate surface area is 195 Å². The van der Waals surface area contributed by atoms with E-state index in [0.717, 1.165) is 12.8 Å². The average Bonchev–Trinajstić information content (AvgIpc) is 2.72. The van der Waals surface area contributed by atoms with Gasteiger partial charge in [-0.3, -0.25) is 10.2 Å². The van der Waals surface area contributed by atoms with Gasteiger partial charge in [-0.05, 0) is 19.3 Å². The minimum absolute atomic E-state index is 0. The van der Waals surface area contributed by atoms with Crippen LogP contribution in [0.3, 0.4) is 0 Å². The smallest absolute Gasteiger partial charge is 0.328 e. The number of amides is 1. The number of nitrogens with two attached hydrogens (primary N) is 1. The van der Waals surface area contributed by atoms with Crippen molar-refractivity contribution >= 4 is 30.2 Å². The van der Waals surface area contributed by atoms with Crippen LogP contribution in [0.2, 0.25) is 0 Å². The van der Waals surface area contributed by atoms with Crippen LogP contribution in [0, 0.1) is 5.41 Å². The van der Waals surface area contributed by atoms with Gasteiger partial charge in [0.05, 0.1) is 7.11 Å². The number of guanidine groups is 1. The van der Waals surface area contributed by atoms with Crippen LogP contribution in [0.5, 0.6) is 0 Å². The first-order chi connectivity index (χ1) is 14.5. The Kier molecular flexibility index (Phi) is 23.7. The van der Waals surface area contributed by atoms with Crippen LogP contribution in [-0.2, 0) is 14.3 Å². The topological polar surface area (TPSA) is 117 Å². The van der Waals surface area contributed by atoms with Gasteiger partial charge in [0.15, 0.2) is 5.96 Å². The molecule has 8 heteroatoms. The van der Waals surface area contributed by atoms with E-state index in [0.29, 0.717) is 25.8 Å². The molecule has 0 aliphatic carbocycles. The average molecular weight is 463 g/mol. The van der Waals surface area contributed by atoms with E-state index in [2.05, 4.69) is 17.6 Å². The molecule has 0 bridgehead atoms. The van der Waals surface area contributed by atoms with Gasteiger partial charge in [-0.2, -0.15) is 0 Å². The van der Waals surface area contributed by atoms with Crippen LogP contribution >= 0.6 is 12.4 Å². The number of hydrogen-bond acceptors (Lipinski definition) is 4. The van der Waals surface area contributed by atoms with E-state index in [1.165, 1.54) is 77.7 Å². The lowest BCUT2D eigenvalue weighted by Crippen LogP contribution is -2.42. The molecule has 0 fully saturated rings. The van der Waals surface area contributed by atoms with E-state index in [1.807, 2.05) is 0 Å². The van der Waals surface area contributed by atoms with Gasteiger partial charge >= 0.3 is 5.97 Å². The molecule has 1 amide bonds. The Morgan fingerprint density at radius 1 is 0.871 bits per heavy atom. The maximum atomic E-state index is 12.1. The molecular weight excluding hydrogens is 416 g/mol. The first kappa shape index (κ1) is 31.7. The summed E-state index contributed by atoms with van der Waals surface area (Å²) in [5.41, 5.74) is 5.23. The molecule has 7 nitrogen and oxygen atoms in total. The summed E-state index contributed by atoms with van der Waals surface area (Å²) in [6.45, 7) is 2.74. The fourth-order valence-electron chi connectivity index (χ4n) is 3.49. The molecule has 0 aromatic carbocycles. The molecule has 1 atom stereocenters. The zero-order valence-corrected chi connectivity index (χ0v) is 20.6. The third-order valence-electron chi connectivity index (χ3n) is 5.31. The van der Waals surface area contributed by atoms with Crippen molar-refractivity contribution in [1.82, 2.24) is 10.6 Å². The molecule has 0 aromatic heterocycles. The van der Waals surface area contributed by atoms with E-state index >= 15 is 0 Å². The number of rotatable bonds is 20. The molecule has 5 N–H and O–H groups in total. The summed E-state index contributed by atoms with van der Waals surface area (Å²) in [6.07, 6.45) is 18.0. The third-order valence-corrected chi connectivity index (χ3v) is 5.31. The number of carbonyl (C=O) groups is 2. The van der Waals surface area contributed by atoms with Crippen molar-refractivity contribution in [3.05, 3.63) is 0 Å². The highest BCUT2D eigenvalue weighted by Gasteiger charge is 2.20. The lowest BCUT2D eigenvalue weighted by Gasteiger charge is -2.16. The number of hydrogen-bond donors (Lipinski definition) is 4. The summed E-state index contributed by atoms with van der Waals surface area (Å²) >= 11 is 0. The molecular formula is C23H47ClN4O3. The molecule has 0 aromatic rings. The molecule has 0 aliphatic heterocycles.